The number of H-pyrrole nitrogens is 1. The van der Waals surface area contributed by atoms with Crippen LogP contribution in [-0.2, 0) is 0 Å². The lowest BCUT2D eigenvalue weighted by molar-refractivity contribution is 0.436. The number of aryl methyl sites for hydroxylation is 1. The Bertz CT molecular complexity index is 728. The molecule has 2 aromatic rings. The van der Waals surface area contributed by atoms with Crippen molar-refractivity contribution >= 4 is 0 Å². The molecule has 1 fully saturated rings. The highest BCUT2D eigenvalue weighted by molar-refractivity contribution is 5.62. The average molecular weight is 284 g/mol. The van der Waals surface area contributed by atoms with Gasteiger partial charge in [0.05, 0.1) is 5.56 Å². The highest BCUT2D eigenvalue weighted by Crippen LogP contribution is 2.36. The molecule has 0 radical (unpaired) electrons. The molecule has 110 valence electrons. The van der Waals surface area contributed by atoms with Crippen LogP contribution in [0.1, 0.15) is 48.3 Å². The minimum atomic E-state index is -0.203. The van der Waals surface area contributed by atoms with Crippen molar-refractivity contribution in [3.8, 4) is 17.3 Å². The molecule has 0 spiro atoms. The van der Waals surface area contributed by atoms with Crippen LogP contribution in [-0.4, -0.2) is 15.1 Å². The van der Waals surface area contributed by atoms with E-state index < -0.39 is 0 Å². The van der Waals surface area contributed by atoms with Gasteiger partial charge in [-0.2, -0.15) is 4.98 Å². The van der Waals surface area contributed by atoms with Gasteiger partial charge in [-0.25, -0.2) is 0 Å². The summed E-state index contributed by atoms with van der Waals surface area (Å²) in [6.07, 6.45) is 4.15. The Kier molecular flexibility index (Phi) is 3.53. The fraction of sp³-hybridized carbons (Fsp3) is 0.412. The smallest absolute Gasteiger partial charge is 0.258 e. The Balaban J connectivity index is 2.10. The van der Waals surface area contributed by atoms with Crippen molar-refractivity contribution in [1.82, 2.24) is 9.97 Å². The standard InChI is InChI=1S/C17H20N2O2/c1-10-6-5-9-13(11(10)2)15-18-16(20)14(17(21)19-15)12-7-3-4-8-12/h5-6,9,12H,3-4,7-8H2,1-2H3,(H2,18,19,20,21). The van der Waals surface area contributed by atoms with Crippen LogP contribution in [0.4, 0.5) is 0 Å². The number of aromatic amines is 1. The summed E-state index contributed by atoms with van der Waals surface area (Å²) in [6.45, 7) is 4.01. The number of aromatic nitrogens is 2. The SMILES string of the molecule is Cc1cccc(-c2nc(O)c(C3CCCC3)c(=O)[nH]2)c1C. The predicted octanol–water partition coefficient (Wildman–Crippen LogP) is 3.42. The van der Waals surface area contributed by atoms with Gasteiger partial charge < -0.3 is 10.1 Å². The minimum absolute atomic E-state index is 0.110. The van der Waals surface area contributed by atoms with Crippen LogP contribution in [0.5, 0.6) is 5.88 Å². The molecule has 1 aromatic heterocycles. The maximum Gasteiger partial charge on any atom is 0.258 e. The van der Waals surface area contributed by atoms with Crippen LogP contribution in [0.3, 0.4) is 0 Å². The third-order valence-electron chi connectivity index (χ3n) is 4.56. The van der Waals surface area contributed by atoms with Gasteiger partial charge in [0.25, 0.3) is 5.56 Å². The van der Waals surface area contributed by atoms with Gasteiger partial charge in [0.2, 0.25) is 5.88 Å². The minimum Gasteiger partial charge on any atom is -0.493 e. The molecule has 0 saturated heterocycles. The Morgan fingerprint density at radius 3 is 2.62 bits per heavy atom. The molecule has 1 saturated carbocycles. The van der Waals surface area contributed by atoms with Gasteiger partial charge >= 0.3 is 0 Å². The zero-order valence-electron chi connectivity index (χ0n) is 12.4. The zero-order valence-corrected chi connectivity index (χ0v) is 12.4. The molecule has 21 heavy (non-hydrogen) atoms. The summed E-state index contributed by atoms with van der Waals surface area (Å²) in [4.78, 5) is 19.5. The van der Waals surface area contributed by atoms with Crippen molar-refractivity contribution < 1.29 is 5.11 Å². The molecule has 0 unspecified atom stereocenters. The summed E-state index contributed by atoms with van der Waals surface area (Å²) in [5, 5.41) is 10.2. The molecule has 4 heteroatoms. The second-order valence-electron chi connectivity index (χ2n) is 5.88. The Labute approximate surface area is 123 Å². The molecule has 0 bridgehead atoms. The van der Waals surface area contributed by atoms with Crippen LogP contribution in [0.25, 0.3) is 11.4 Å². The second-order valence-corrected chi connectivity index (χ2v) is 5.88. The number of nitrogens with zero attached hydrogens (tertiary/aromatic N) is 1. The largest absolute Gasteiger partial charge is 0.493 e. The van der Waals surface area contributed by atoms with Crippen LogP contribution in [0.15, 0.2) is 23.0 Å². The van der Waals surface area contributed by atoms with Crippen molar-refractivity contribution in [3.63, 3.8) is 0 Å². The Hall–Kier alpha value is -2.10. The number of aromatic hydroxyl groups is 1. The lowest BCUT2D eigenvalue weighted by atomic mass is 9.99. The molecular weight excluding hydrogens is 264 g/mol. The van der Waals surface area contributed by atoms with E-state index in [-0.39, 0.29) is 17.4 Å². The average Bonchev–Trinajstić information content (AvgIpc) is 2.95. The fourth-order valence-corrected chi connectivity index (χ4v) is 3.19. The van der Waals surface area contributed by atoms with Crippen LogP contribution >= 0.6 is 0 Å². The van der Waals surface area contributed by atoms with E-state index >= 15 is 0 Å². The first-order chi connectivity index (χ1) is 10.1. The molecule has 1 aliphatic carbocycles. The van der Waals surface area contributed by atoms with E-state index in [1.807, 2.05) is 32.0 Å². The number of rotatable bonds is 2. The van der Waals surface area contributed by atoms with Gasteiger partial charge in [-0.1, -0.05) is 31.0 Å². The summed E-state index contributed by atoms with van der Waals surface area (Å²) in [5.41, 5.74) is 3.32. The molecular formula is C17H20N2O2. The van der Waals surface area contributed by atoms with Gasteiger partial charge in [0.1, 0.15) is 5.82 Å². The van der Waals surface area contributed by atoms with Crippen molar-refractivity contribution in [2.75, 3.05) is 0 Å². The quantitative estimate of drug-likeness (QED) is 0.888. The number of nitrogens with one attached hydrogen (secondary N) is 1. The van der Waals surface area contributed by atoms with Crippen molar-refractivity contribution in [2.45, 2.75) is 45.4 Å². The van der Waals surface area contributed by atoms with Gasteiger partial charge in [-0.15, -0.1) is 0 Å². The third-order valence-corrected chi connectivity index (χ3v) is 4.56. The summed E-state index contributed by atoms with van der Waals surface area (Å²) >= 11 is 0. The van der Waals surface area contributed by atoms with E-state index in [0.29, 0.717) is 11.4 Å². The highest BCUT2D eigenvalue weighted by atomic mass is 16.3. The highest BCUT2D eigenvalue weighted by Gasteiger charge is 2.25. The molecule has 1 aromatic carbocycles. The fourth-order valence-electron chi connectivity index (χ4n) is 3.19. The first-order valence-corrected chi connectivity index (χ1v) is 7.47. The third kappa shape index (κ3) is 2.46. The van der Waals surface area contributed by atoms with E-state index in [4.69, 9.17) is 0 Å². The number of hydrogen-bond acceptors (Lipinski definition) is 3. The predicted molar refractivity (Wildman–Crippen MR) is 82.6 cm³/mol. The summed E-state index contributed by atoms with van der Waals surface area (Å²) in [5.74, 6) is 0.482. The van der Waals surface area contributed by atoms with Crippen LogP contribution < -0.4 is 5.56 Å². The van der Waals surface area contributed by atoms with E-state index in [2.05, 4.69) is 9.97 Å². The van der Waals surface area contributed by atoms with Gasteiger partial charge in [-0.3, -0.25) is 4.79 Å². The van der Waals surface area contributed by atoms with E-state index in [0.717, 1.165) is 42.4 Å². The molecule has 0 atom stereocenters. The maximum atomic E-state index is 12.4. The monoisotopic (exact) mass is 284 g/mol. The number of hydrogen-bond donors (Lipinski definition) is 2. The van der Waals surface area contributed by atoms with Crippen molar-refractivity contribution in [2.24, 2.45) is 0 Å². The van der Waals surface area contributed by atoms with Crippen LogP contribution in [0, 0.1) is 13.8 Å². The summed E-state index contributed by atoms with van der Waals surface area (Å²) in [7, 11) is 0. The molecule has 4 nitrogen and oxygen atoms in total. The lowest BCUT2D eigenvalue weighted by Gasteiger charge is -2.12. The maximum absolute atomic E-state index is 12.4. The van der Waals surface area contributed by atoms with Gasteiger partial charge in [-0.05, 0) is 43.7 Å². The molecule has 3 rings (SSSR count). The summed E-state index contributed by atoms with van der Waals surface area (Å²) in [6, 6.07) is 5.86. The van der Waals surface area contributed by atoms with Crippen molar-refractivity contribution in [1.29, 1.82) is 0 Å². The lowest BCUT2D eigenvalue weighted by Crippen LogP contribution is -2.17. The zero-order chi connectivity index (χ0) is 15.0. The first-order valence-electron chi connectivity index (χ1n) is 7.47. The molecule has 1 heterocycles. The van der Waals surface area contributed by atoms with Crippen LogP contribution in [0.2, 0.25) is 0 Å². The second kappa shape index (κ2) is 5.35. The normalized spacial score (nSPS) is 15.5. The van der Waals surface area contributed by atoms with Gasteiger partial charge in [0.15, 0.2) is 0 Å². The number of benzene rings is 1. The Morgan fingerprint density at radius 2 is 1.95 bits per heavy atom. The van der Waals surface area contributed by atoms with E-state index in [1.165, 1.54) is 0 Å². The molecule has 1 aliphatic rings. The molecule has 0 amide bonds. The van der Waals surface area contributed by atoms with Gasteiger partial charge in [0, 0.05) is 5.56 Å². The Morgan fingerprint density at radius 1 is 1.24 bits per heavy atom. The topological polar surface area (TPSA) is 66.0 Å². The molecule has 0 aliphatic heterocycles. The van der Waals surface area contributed by atoms with E-state index in [1.54, 1.807) is 0 Å². The first kappa shape index (κ1) is 13.9. The molecule has 2 N–H and O–H groups in total. The summed E-state index contributed by atoms with van der Waals surface area (Å²) < 4.78 is 0. The van der Waals surface area contributed by atoms with E-state index in [9.17, 15) is 9.90 Å². The van der Waals surface area contributed by atoms with Crippen molar-refractivity contribution in [3.05, 3.63) is 45.2 Å².